The summed E-state index contributed by atoms with van der Waals surface area (Å²) < 4.78 is 3.42. The maximum absolute atomic E-state index is 13.0. The predicted molar refractivity (Wildman–Crippen MR) is 192 cm³/mol. The van der Waals surface area contributed by atoms with Gasteiger partial charge in [-0.15, -0.1) is 0 Å². The molecule has 0 bridgehead atoms. The van der Waals surface area contributed by atoms with Crippen molar-refractivity contribution in [1.82, 2.24) is 13.7 Å². The Labute approximate surface area is 298 Å². The first-order chi connectivity index (χ1) is 24.6. The minimum Gasteiger partial charge on any atom is -0.247 e. The van der Waals surface area contributed by atoms with Crippen molar-refractivity contribution in [2.45, 2.75) is 130 Å². The van der Waals surface area contributed by atoms with Gasteiger partial charge in [0.2, 0.25) is 30.4 Å². The average Bonchev–Trinajstić information content (AvgIpc) is 3.10. The van der Waals surface area contributed by atoms with Crippen molar-refractivity contribution in [3.05, 3.63) is 31.5 Å². The highest BCUT2D eigenvalue weighted by Crippen LogP contribution is 2.29. The van der Waals surface area contributed by atoms with E-state index in [-0.39, 0.29) is 25.0 Å². The van der Waals surface area contributed by atoms with Gasteiger partial charge >= 0.3 is 17.1 Å². The van der Waals surface area contributed by atoms with Gasteiger partial charge in [0.25, 0.3) is 0 Å². The molecule has 0 amide bonds. The van der Waals surface area contributed by atoms with Gasteiger partial charge in [0, 0.05) is 19.6 Å². The smallest absolute Gasteiger partial charge is 0.247 e. The number of aliphatic imine (C=N–C) groups is 5. The van der Waals surface area contributed by atoms with Gasteiger partial charge in [-0.3, -0.25) is 0 Å². The summed E-state index contributed by atoms with van der Waals surface area (Å²) in [7, 11) is 0. The number of isocyanates is 5. The Balaban J connectivity index is 0.00000139. The van der Waals surface area contributed by atoms with E-state index >= 15 is 0 Å². The van der Waals surface area contributed by atoms with E-state index in [2.05, 4.69) is 38.8 Å². The zero-order valence-electron chi connectivity index (χ0n) is 30.5. The Bertz CT molecular complexity index is 1400. The predicted octanol–water partition coefficient (Wildman–Crippen LogP) is 3.96. The molecule has 1 atom stereocenters. The molecule has 1 aromatic rings. The third-order valence-electron chi connectivity index (χ3n) is 8.12. The van der Waals surface area contributed by atoms with E-state index in [9.17, 15) is 38.4 Å². The van der Waals surface area contributed by atoms with Crippen LogP contribution in [0.2, 0.25) is 0 Å². The summed E-state index contributed by atoms with van der Waals surface area (Å²) in [5.41, 5.74) is -1.67. The fourth-order valence-electron chi connectivity index (χ4n) is 5.54. The maximum atomic E-state index is 13.0. The largest absolute Gasteiger partial charge is 0.336 e. The quantitative estimate of drug-likeness (QED) is 0.0702. The Kier molecular flexibility index (Phi) is 27.4. The normalized spacial score (nSPS) is 11.0. The van der Waals surface area contributed by atoms with E-state index in [1.54, 1.807) is 6.08 Å². The summed E-state index contributed by atoms with van der Waals surface area (Å²) >= 11 is 0. The van der Waals surface area contributed by atoms with Gasteiger partial charge in [-0.2, -0.15) is 0 Å². The van der Waals surface area contributed by atoms with E-state index in [1.807, 2.05) is 6.92 Å². The number of hydrogen-bond acceptors (Lipinski definition) is 13. The average molecular weight is 715 g/mol. The summed E-state index contributed by atoms with van der Waals surface area (Å²) in [6.07, 6.45) is 18.0. The van der Waals surface area contributed by atoms with E-state index in [1.165, 1.54) is 24.3 Å². The Hall–Kier alpha value is -4.69. The molecule has 51 heavy (non-hydrogen) atoms. The van der Waals surface area contributed by atoms with Crippen molar-refractivity contribution < 1.29 is 24.0 Å². The second-order valence-electron chi connectivity index (χ2n) is 13.1. The third kappa shape index (κ3) is 22.6. The third-order valence-corrected chi connectivity index (χ3v) is 8.12. The summed E-state index contributed by atoms with van der Waals surface area (Å²) in [6.45, 7) is 9.17. The van der Waals surface area contributed by atoms with Gasteiger partial charge in [-0.05, 0) is 62.7 Å². The van der Waals surface area contributed by atoms with Crippen LogP contribution >= 0.6 is 0 Å². The molecule has 0 saturated heterocycles. The monoisotopic (exact) mass is 714 g/mol. The number of aromatic nitrogens is 3. The van der Waals surface area contributed by atoms with Gasteiger partial charge in [-0.25, -0.2) is 77.0 Å². The number of nitrogens with zero attached hydrogens (tertiary/aromatic N) is 8. The van der Waals surface area contributed by atoms with Crippen LogP contribution in [0, 0.1) is 11.3 Å². The summed E-state index contributed by atoms with van der Waals surface area (Å²) in [5, 5.41) is 0. The van der Waals surface area contributed by atoms with E-state index in [0.717, 1.165) is 84.3 Å². The second-order valence-corrected chi connectivity index (χ2v) is 13.1. The first kappa shape index (κ1) is 46.3. The fraction of sp³-hybridized carbons (Fsp3) is 0.771. The van der Waals surface area contributed by atoms with Crippen LogP contribution in [0.25, 0.3) is 0 Å². The first-order valence-electron chi connectivity index (χ1n) is 17.7. The molecule has 0 N–H and O–H groups in total. The highest BCUT2D eigenvalue weighted by atomic mass is 16.2. The van der Waals surface area contributed by atoms with Crippen LogP contribution in [0.5, 0.6) is 0 Å². The molecule has 0 spiro atoms. The summed E-state index contributed by atoms with van der Waals surface area (Å²) in [6, 6.07) is 0. The Morgan fingerprint density at radius 2 is 0.804 bits per heavy atom. The Morgan fingerprint density at radius 3 is 1.14 bits per heavy atom. The van der Waals surface area contributed by atoms with Gasteiger partial charge in [-0.1, -0.05) is 59.3 Å². The van der Waals surface area contributed by atoms with Crippen molar-refractivity contribution in [3.63, 3.8) is 0 Å². The van der Waals surface area contributed by atoms with Gasteiger partial charge < -0.3 is 0 Å². The minimum absolute atomic E-state index is 0.109. The van der Waals surface area contributed by atoms with Crippen molar-refractivity contribution in [2.75, 3.05) is 32.7 Å². The number of rotatable bonds is 28. The number of carbonyl (C=O) groups excluding carboxylic acids is 5. The minimum atomic E-state index is -0.593. The van der Waals surface area contributed by atoms with Gasteiger partial charge in [0.1, 0.15) is 0 Å². The van der Waals surface area contributed by atoms with Crippen LogP contribution in [0.15, 0.2) is 39.3 Å². The number of unbranched alkanes of at least 4 members (excludes halogenated alkanes) is 9. The van der Waals surface area contributed by atoms with E-state index < -0.39 is 17.1 Å². The zero-order chi connectivity index (χ0) is 38.2. The molecule has 0 aromatic carbocycles. The lowest BCUT2D eigenvalue weighted by Gasteiger charge is -2.26. The molecule has 0 aliphatic rings. The molecule has 0 radical (unpaired) electrons. The summed E-state index contributed by atoms with van der Waals surface area (Å²) in [5.74, 6) is 0.349. The molecule has 1 heterocycles. The molecule has 16 heteroatoms. The highest BCUT2D eigenvalue weighted by Gasteiger charge is 2.20. The van der Waals surface area contributed by atoms with Gasteiger partial charge in [0.15, 0.2) is 0 Å². The number of hydrogen-bond donors (Lipinski definition) is 0. The molecule has 1 rings (SSSR count). The summed E-state index contributed by atoms with van der Waals surface area (Å²) in [4.78, 5) is 107. The van der Waals surface area contributed by atoms with Crippen LogP contribution in [0.4, 0.5) is 0 Å². The van der Waals surface area contributed by atoms with Crippen LogP contribution in [0.1, 0.15) is 111 Å². The molecule has 0 fully saturated rings. The SMILES string of the molecule is CC(CN=C=O)CC(C)(C)CCN=C=O.O=C=NCCCCCCn1c(=O)n(CCCCCCN=C=O)c(=O)n(CCCCCCN=C=O)c1=O. The molecule has 0 aliphatic heterocycles. The molecule has 0 saturated carbocycles. The lowest BCUT2D eigenvalue weighted by Crippen LogP contribution is -2.54. The molecular weight excluding hydrogens is 660 g/mol. The topological polar surface area (TPSA) is 213 Å². The molecule has 282 valence electrons. The zero-order valence-corrected chi connectivity index (χ0v) is 30.5. The van der Waals surface area contributed by atoms with Crippen LogP contribution in [-0.4, -0.2) is 76.8 Å². The molecule has 16 nitrogen and oxygen atoms in total. The Morgan fingerprint density at radius 1 is 0.490 bits per heavy atom. The molecule has 1 unspecified atom stereocenters. The van der Waals surface area contributed by atoms with Crippen molar-refractivity contribution >= 4 is 30.4 Å². The highest BCUT2D eigenvalue weighted by molar-refractivity contribution is 5.33. The lowest BCUT2D eigenvalue weighted by atomic mass is 9.80. The molecule has 0 aliphatic carbocycles. The van der Waals surface area contributed by atoms with E-state index in [0.29, 0.717) is 57.9 Å². The lowest BCUT2D eigenvalue weighted by molar-refractivity contribution is 0.264. The first-order valence-corrected chi connectivity index (χ1v) is 17.7. The van der Waals surface area contributed by atoms with E-state index in [4.69, 9.17) is 0 Å². The van der Waals surface area contributed by atoms with Crippen LogP contribution < -0.4 is 17.1 Å². The van der Waals surface area contributed by atoms with Crippen molar-refractivity contribution in [2.24, 2.45) is 36.3 Å². The van der Waals surface area contributed by atoms with Crippen LogP contribution in [-0.2, 0) is 43.6 Å². The maximum Gasteiger partial charge on any atom is 0.336 e. The fourth-order valence-corrected chi connectivity index (χ4v) is 5.54. The second kappa shape index (κ2) is 30.2. The van der Waals surface area contributed by atoms with Gasteiger partial charge in [0.05, 0.1) is 32.7 Å². The van der Waals surface area contributed by atoms with Crippen molar-refractivity contribution in [1.29, 1.82) is 0 Å². The molecular formula is C35H54N8O8. The molecule has 1 aromatic heterocycles. The van der Waals surface area contributed by atoms with Crippen molar-refractivity contribution in [3.8, 4) is 0 Å². The standard InChI is InChI=1S/C24H36N6O6.C11H18N2O2/c31-19-25-13-7-1-4-10-16-28-22(34)29(17-11-5-2-8-14-26-20-32)24(36)30(23(28)35)18-12-6-3-9-15-27-21-33;1-10(7-13-9-15)6-11(2,3)4-5-12-8-14/h1-18H2;10H,4-7H2,1-3H3. The van der Waals surface area contributed by atoms with Crippen LogP contribution in [0.3, 0.4) is 0 Å².